The average molecular weight is 229 g/mol. The quantitative estimate of drug-likeness (QED) is 0.529. The Bertz CT molecular complexity index is 202. The Balaban J connectivity index is 2.43. The summed E-state index contributed by atoms with van der Waals surface area (Å²) >= 11 is 0. The molecule has 1 atom stereocenters. The summed E-state index contributed by atoms with van der Waals surface area (Å²) < 4.78 is 10.1. The monoisotopic (exact) mass is 229 g/mol. The van der Waals surface area contributed by atoms with E-state index in [1.807, 2.05) is 6.92 Å². The van der Waals surface area contributed by atoms with E-state index >= 15 is 0 Å². The van der Waals surface area contributed by atoms with Gasteiger partial charge in [0.1, 0.15) is 6.04 Å². The van der Waals surface area contributed by atoms with Crippen molar-refractivity contribution in [2.75, 3.05) is 26.9 Å². The van der Waals surface area contributed by atoms with Crippen LogP contribution in [-0.4, -0.2) is 38.9 Å². The van der Waals surface area contributed by atoms with Gasteiger partial charge in [-0.15, -0.1) is 0 Å². The molecule has 1 N–H and O–H groups in total. The number of esters is 1. The van der Waals surface area contributed by atoms with E-state index in [-0.39, 0.29) is 12.0 Å². The minimum absolute atomic E-state index is 0.106. The second-order valence-electron chi connectivity index (χ2n) is 4.22. The van der Waals surface area contributed by atoms with Gasteiger partial charge in [-0.05, 0) is 25.7 Å². The first-order valence-electron chi connectivity index (χ1n) is 6.18. The van der Waals surface area contributed by atoms with E-state index in [4.69, 9.17) is 9.47 Å². The van der Waals surface area contributed by atoms with Crippen molar-refractivity contribution in [3.63, 3.8) is 0 Å². The Kier molecular flexibility index (Phi) is 6.42. The van der Waals surface area contributed by atoms with Gasteiger partial charge in [0, 0.05) is 13.7 Å². The molecule has 0 amide bonds. The Morgan fingerprint density at radius 3 is 2.69 bits per heavy atom. The molecule has 1 aliphatic carbocycles. The maximum Gasteiger partial charge on any atom is 0.323 e. The van der Waals surface area contributed by atoms with Crippen LogP contribution in [0.1, 0.15) is 32.6 Å². The number of methoxy groups -OCH3 is 1. The summed E-state index contributed by atoms with van der Waals surface area (Å²) in [7, 11) is 1.66. The molecule has 0 saturated heterocycles. The molecule has 4 heteroatoms. The molecule has 1 saturated carbocycles. The predicted octanol–water partition coefficient (Wildman–Crippen LogP) is 1.34. The van der Waals surface area contributed by atoms with E-state index in [1.54, 1.807) is 7.11 Å². The lowest BCUT2D eigenvalue weighted by molar-refractivity contribution is -0.147. The van der Waals surface area contributed by atoms with Crippen LogP contribution in [0.5, 0.6) is 0 Å². The number of rotatable bonds is 7. The molecule has 0 bridgehead atoms. The maximum absolute atomic E-state index is 11.8. The highest BCUT2D eigenvalue weighted by atomic mass is 16.5. The van der Waals surface area contributed by atoms with E-state index in [0.717, 1.165) is 12.8 Å². The molecule has 0 heterocycles. The van der Waals surface area contributed by atoms with Crippen molar-refractivity contribution < 1.29 is 14.3 Å². The van der Waals surface area contributed by atoms with Crippen molar-refractivity contribution in [3.8, 4) is 0 Å². The minimum Gasteiger partial charge on any atom is -0.465 e. The Morgan fingerprint density at radius 1 is 1.44 bits per heavy atom. The fourth-order valence-corrected chi connectivity index (χ4v) is 2.28. The van der Waals surface area contributed by atoms with E-state index in [1.165, 1.54) is 12.8 Å². The third kappa shape index (κ3) is 4.10. The maximum atomic E-state index is 11.8. The fourth-order valence-electron chi connectivity index (χ4n) is 2.28. The molecule has 0 aromatic rings. The Morgan fingerprint density at radius 2 is 2.12 bits per heavy atom. The first-order chi connectivity index (χ1) is 7.79. The summed E-state index contributed by atoms with van der Waals surface area (Å²) in [6.07, 6.45) is 4.71. The van der Waals surface area contributed by atoms with E-state index in [0.29, 0.717) is 25.7 Å². The van der Waals surface area contributed by atoms with Crippen LogP contribution in [0.15, 0.2) is 0 Å². The molecule has 4 nitrogen and oxygen atoms in total. The predicted molar refractivity (Wildman–Crippen MR) is 62.3 cm³/mol. The number of ether oxygens (including phenoxy) is 2. The molecule has 0 aromatic heterocycles. The molecular formula is C12H23NO3. The first-order valence-corrected chi connectivity index (χ1v) is 6.18. The van der Waals surface area contributed by atoms with Crippen LogP contribution in [-0.2, 0) is 14.3 Å². The molecule has 0 radical (unpaired) electrons. The summed E-state index contributed by atoms with van der Waals surface area (Å²) in [6, 6.07) is -0.141. The van der Waals surface area contributed by atoms with Crippen molar-refractivity contribution in [1.82, 2.24) is 5.32 Å². The third-order valence-electron chi connectivity index (χ3n) is 3.08. The van der Waals surface area contributed by atoms with Gasteiger partial charge in [-0.25, -0.2) is 0 Å². The minimum atomic E-state index is -0.141. The molecule has 1 rings (SSSR count). The second-order valence-corrected chi connectivity index (χ2v) is 4.22. The van der Waals surface area contributed by atoms with Gasteiger partial charge < -0.3 is 14.8 Å². The Hall–Kier alpha value is -0.610. The summed E-state index contributed by atoms with van der Waals surface area (Å²) in [5.74, 6) is 0.335. The van der Waals surface area contributed by atoms with E-state index in [2.05, 4.69) is 5.32 Å². The highest BCUT2D eigenvalue weighted by molar-refractivity contribution is 5.76. The zero-order valence-corrected chi connectivity index (χ0v) is 10.3. The van der Waals surface area contributed by atoms with Crippen molar-refractivity contribution >= 4 is 5.97 Å². The van der Waals surface area contributed by atoms with Gasteiger partial charge in [0.05, 0.1) is 13.2 Å². The fraction of sp³-hybridized carbons (Fsp3) is 0.917. The summed E-state index contributed by atoms with van der Waals surface area (Å²) in [4.78, 5) is 11.8. The number of hydrogen-bond donors (Lipinski definition) is 1. The molecule has 1 aliphatic rings. The van der Waals surface area contributed by atoms with E-state index < -0.39 is 0 Å². The van der Waals surface area contributed by atoms with Gasteiger partial charge >= 0.3 is 5.97 Å². The summed E-state index contributed by atoms with van der Waals surface area (Å²) in [6.45, 7) is 3.63. The average Bonchev–Trinajstić information content (AvgIpc) is 2.78. The van der Waals surface area contributed by atoms with Gasteiger partial charge in [0.2, 0.25) is 0 Å². The molecule has 0 aromatic carbocycles. The van der Waals surface area contributed by atoms with Crippen LogP contribution < -0.4 is 5.32 Å². The second kappa shape index (κ2) is 7.63. The van der Waals surface area contributed by atoms with Gasteiger partial charge in [-0.1, -0.05) is 12.8 Å². The standard InChI is InChI=1S/C12H23NO3/c1-3-16-12(14)11(13-8-9-15-2)10-6-4-5-7-10/h10-11,13H,3-9H2,1-2H3. The van der Waals surface area contributed by atoms with Gasteiger partial charge in [0.15, 0.2) is 0 Å². The highest BCUT2D eigenvalue weighted by Gasteiger charge is 2.30. The molecular weight excluding hydrogens is 206 g/mol. The van der Waals surface area contributed by atoms with Crippen LogP contribution in [0.3, 0.4) is 0 Å². The molecule has 1 fully saturated rings. The van der Waals surface area contributed by atoms with Crippen LogP contribution in [0.4, 0.5) is 0 Å². The lowest BCUT2D eigenvalue weighted by Crippen LogP contribution is -2.44. The van der Waals surface area contributed by atoms with Crippen molar-refractivity contribution in [1.29, 1.82) is 0 Å². The summed E-state index contributed by atoms with van der Waals surface area (Å²) in [5, 5.41) is 3.25. The normalized spacial score (nSPS) is 18.6. The number of nitrogens with one attached hydrogen (secondary N) is 1. The van der Waals surface area contributed by atoms with Crippen LogP contribution in [0.2, 0.25) is 0 Å². The SMILES string of the molecule is CCOC(=O)C(NCCOC)C1CCCC1. The molecule has 1 unspecified atom stereocenters. The van der Waals surface area contributed by atoms with Crippen LogP contribution in [0, 0.1) is 5.92 Å². The first kappa shape index (κ1) is 13.5. The molecule has 16 heavy (non-hydrogen) atoms. The molecule has 0 aliphatic heterocycles. The Labute approximate surface area is 97.7 Å². The topological polar surface area (TPSA) is 47.6 Å². The molecule has 0 spiro atoms. The van der Waals surface area contributed by atoms with Gasteiger partial charge in [0.25, 0.3) is 0 Å². The highest BCUT2D eigenvalue weighted by Crippen LogP contribution is 2.28. The lowest BCUT2D eigenvalue weighted by atomic mass is 9.98. The number of hydrogen-bond acceptors (Lipinski definition) is 4. The van der Waals surface area contributed by atoms with Gasteiger partial charge in [-0.3, -0.25) is 4.79 Å². The van der Waals surface area contributed by atoms with Crippen LogP contribution in [0.25, 0.3) is 0 Å². The van der Waals surface area contributed by atoms with E-state index in [9.17, 15) is 4.79 Å². The van der Waals surface area contributed by atoms with Crippen molar-refractivity contribution in [2.24, 2.45) is 5.92 Å². The van der Waals surface area contributed by atoms with Crippen molar-refractivity contribution in [3.05, 3.63) is 0 Å². The third-order valence-corrected chi connectivity index (χ3v) is 3.08. The largest absolute Gasteiger partial charge is 0.465 e. The molecule has 94 valence electrons. The van der Waals surface area contributed by atoms with Crippen molar-refractivity contribution in [2.45, 2.75) is 38.6 Å². The number of carbonyl (C=O) groups excluding carboxylic acids is 1. The smallest absolute Gasteiger partial charge is 0.323 e. The van der Waals surface area contributed by atoms with Crippen LogP contribution >= 0.6 is 0 Å². The van der Waals surface area contributed by atoms with Gasteiger partial charge in [-0.2, -0.15) is 0 Å². The zero-order valence-electron chi connectivity index (χ0n) is 10.3. The lowest BCUT2D eigenvalue weighted by Gasteiger charge is -2.22. The zero-order chi connectivity index (χ0) is 11.8. The summed E-state index contributed by atoms with van der Waals surface area (Å²) in [5.41, 5.74) is 0. The number of carbonyl (C=O) groups is 1.